The maximum Gasteiger partial charge on any atom is 0.229 e. The average Bonchev–Trinajstić information content (AvgIpc) is 2.51. The summed E-state index contributed by atoms with van der Waals surface area (Å²) in [5, 5.41) is 0. The lowest BCUT2D eigenvalue weighted by molar-refractivity contribution is -0.125. The van der Waals surface area contributed by atoms with Crippen molar-refractivity contribution in [1.29, 1.82) is 0 Å². The van der Waals surface area contributed by atoms with Gasteiger partial charge in [-0.15, -0.1) is 0 Å². The molecule has 130 valence electrons. The number of amides is 1. The first-order valence-electron chi connectivity index (χ1n) is 10.2. The van der Waals surface area contributed by atoms with Crippen LogP contribution in [0.4, 0.5) is 0 Å². The minimum Gasteiger partial charge on any atom is -0.369 e. The van der Waals surface area contributed by atoms with Crippen molar-refractivity contribution >= 4 is 5.91 Å². The first kappa shape index (κ1) is 14.0. The number of carbonyl (C=O) groups excluding carboxylic acids is 1. The highest BCUT2D eigenvalue weighted by Gasteiger charge is 2.40. The lowest BCUT2D eigenvalue weighted by atomic mass is 9.73. The number of hydrogen-bond acceptors (Lipinski definition) is 3. The third-order valence-corrected chi connectivity index (χ3v) is 3.75. The third kappa shape index (κ3) is 5.03. The lowest BCUT2D eigenvalue weighted by Gasteiger charge is -2.37. The number of nitrogens with two attached hydrogens (primary N) is 1. The molecule has 0 aliphatic carbocycles. The van der Waals surface area contributed by atoms with Crippen molar-refractivity contribution in [2.45, 2.75) is 71.8 Å². The summed E-state index contributed by atoms with van der Waals surface area (Å²) < 4.78 is 35.4. The number of hydrogen-bond donors (Lipinski definition) is 1. The molecule has 0 aliphatic heterocycles. The zero-order valence-electron chi connectivity index (χ0n) is 19.1. The third-order valence-electron chi connectivity index (χ3n) is 3.75. The van der Waals surface area contributed by atoms with E-state index in [1.54, 1.807) is 18.2 Å². The summed E-state index contributed by atoms with van der Waals surface area (Å²) in [6.07, 6.45) is -1.10. The lowest BCUT2D eigenvalue weighted by Crippen LogP contribution is -2.47. The fraction of sp³-hybridized carbons (Fsp3) is 0.684. The summed E-state index contributed by atoms with van der Waals surface area (Å²) in [5.74, 6) is -1.01. The first-order valence-corrected chi connectivity index (χ1v) is 8.23. The summed E-state index contributed by atoms with van der Waals surface area (Å²) in [7, 11) is 0. The fourth-order valence-corrected chi connectivity index (χ4v) is 2.75. The van der Waals surface area contributed by atoms with E-state index in [9.17, 15) is 4.79 Å². The molecule has 1 aromatic rings. The van der Waals surface area contributed by atoms with E-state index in [-0.39, 0.29) is 30.1 Å². The number of pyridine rings is 1. The van der Waals surface area contributed by atoms with Crippen LogP contribution in [-0.2, 0) is 10.2 Å². The highest BCUT2D eigenvalue weighted by atomic mass is 16.1. The summed E-state index contributed by atoms with van der Waals surface area (Å²) >= 11 is 0. The summed E-state index contributed by atoms with van der Waals surface area (Å²) in [6.45, 7) is 8.49. The Morgan fingerprint density at radius 2 is 1.87 bits per heavy atom. The van der Waals surface area contributed by atoms with Gasteiger partial charge < -0.3 is 5.73 Å². The Balaban J connectivity index is 3.80. The molecule has 0 bridgehead atoms. The molecule has 1 amide bonds. The van der Waals surface area contributed by atoms with Gasteiger partial charge in [-0.2, -0.15) is 0 Å². The van der Waals surface area contributed by atoms with Gasteiger partial charge in [0, 0.05) is 30.3 Å². The number of carbonyl (C=O) groups is 1. The number of aromatic nitrogens is 1. The molecular weight excluding hydrogens is 286 g/mol. The van der Waals surface area contributed by atoms with Gasteiger partial charge in [0.25, 0.3) is 0 Å². The van der Waals surface area contributed by atoms with Gasteiger partial charge in [-0.1, -0.05) is 19.9 Å². The van der Waals surface area contributed by atoms with Crippen LogP contribution in [0.3, 0.4) is 0 Å². The van der Waals surface area contributed by atoms with Crippen LogP contribution in [0.5, 0.6) is 0 Å². The summed E-state index contributed by atoms with van der Waals surface area (Å²) in [6, 6.07) is 4.33. The Morgan fingerprint density at radius 1 is 1.26 bits per heavy atom. The topological polar surface area (TPSA) is 59.2 Å². The Kier molecular flexibility index (Phi) is 5.12. The van der Waals surface area contributed by atoms with E-state index in [2.05, 4.69) is 4.98 Å². The molecule has 0 saturated carbocycles. The maximum atomic E-state index is 12.8. The molecule has 1 atom stereocenters. The Bertz CT molecular complexity index is 627. The number of nitrogens with zero attached hydrogens (tertiary/aromatic N) is 2. The van der Waals surface area contributed by atoms with Crippen LogP contribution in [0.25, 0.3) is 0 Å². The molecule has 4 nitrogen and oxygen atoms in total. The first-order chi connectivity index (χ1) is 12.2. The smallest absolute Gasteiger partial charge is 0.229 e. The molecule has 1 unspecified atom stereocenters. The zero-order chi connectivity index (χ0) is 21.2. The highest BCUT2D eigenvalue weighted by Crippen LogP contribution is 2.34. The average molecular weight is 324 g/mol. The normalized spacial score (nSPS) is 18.5. The van der Waals surface area contributed by atoms with Crippen molar-refractivity contribution in [3.63, 3.8) is 0 Å². The van der Waals surface area contributed by atoms with Crippen LogP contribution in [0.1, 0.15) is 65.5 Å². The van der Waals surface area contributed by atoms with Gasteiger partial charge in [-0.3, -0.25) is 14.7 Å². The molecule has 0 saturated heterocycles. The summed E-state index contributed by atoms with van der Waals surface area (Å²) in [5.41, 5.74) is 4.03. The van der Waals surface area contributed by atoms with E-state index >= 15 is 0 Å². The fourth-order valence-electron chi connectivity index (χ4n) is 2.75. The Hall–Kier alpha value is -1.42. The van der Waals surface area contributed by atoms with Crippen LogP contribution in [-0.4, -0.2) is 34.4 Å². The highest BCUT2D eigenvalue weighted by molar-refractivity contribution is 5.86. The predicted molar refractivity (Wildman–Crippen MR) is 96.2 cm³/mol. The van der Waals surface area contributed by atoms with E-state index in [1.165, 1.54) is 11.1 Å². The zero-order valence-corrected chi connectivity index (χ0v) is 15.1. The largest absolute Gasteiger partial charge is 0.369 e. The van der Waals surface area contributed by atoms with E-state index < -0.39 is 24.2 Å². The minimum atomic E-state index is -2.63. The van der Waals surface area contributed by atoms with Gasteiger partial charge in [0.05, 0.1) is 11.1 Å². The molecular formula is C19H33N3O. The molecule has 4 heteroatoms. The Morgan fingerprint density at radius 3 is 2.26 bits per heavy atom. The Labute approximate surface area is 147 Å². The molecule has 1 heterocycles. The van der Waals surface area contributed by atoms with Gasteiger partial charge >= 0.3 is 0 Å². The summed E-state index contributed by atoms with van der Waals surface area (Å²) in [4.78, 5) is 18.5. The van der Waals surface area contributed by atoms with Crippen molar-refractivity contribution in [3.8, 4) is 0 Å². The van der Waals surface area contributed by atoms with Crippen molar-refractivity contribution in [1.82, 2.24) is 9.88 Å². The van der Waals surface area contributed by atoms with Gasteiger partial charge in [-0.05, 0) is 58.5 Å². The van der Waals surface area contributed by atoms with Crippen molar-refractivity contribution in [2.75, 3.05) is 6.50 Å². The number of rotatable bonds is 9. The minimum absolute atomic E-state index is 0.0515. The van der Waals surface area contributed by atoms with Gasteiger partial charge in [-0.25, -0.2) is 0 Å². The van der Waals surface area contributed by atoms with Gasteiger partial charge in [0.1, 0.15) is 0 Å². The quantitative estimate of drug-likeness (QED) is 0.758. The van der Waals surface area contributed by atoms with Crippen LogP contribution in [0, 0.1) is 5.92 Å². The second kappa shape index (κ2) is 8.44. The van der Waals surface area contributed by atoms with E-state index in [0.29, 0.717) is 0 Å². The van der Waals surface area contributed by atoms with Crippen LogP contribution in [0.15, 0.2) is 24.4 Å². The van der Waals surface area contributed by atoms with Crippen LogP contribution < -0.4 is 5.73 Å². The van der Waals surface area contributed by atoms with Gasteiger partial charge in [0.15, 0.2) is 0 Å². The van der Waals surface area contributed by atoms with Crippen LogP contribution in [0.2, 0.25) is 0 Å². The second-order valence-electron chi connectivity index (χ2n) is 6.91. The molecule has 0 radical (unpaired) electrons. The standard InChI is InChI=1S/C19H33N3O/c1-14(2)13-19(18(20)23,17-9-7-8-11-21-17)10-12-22(15(3)4)16(5)6/h7-9,11,14-16H,10,12-13H2,1-6H3,(H2,20,23)/i10D2,12D2. The SMILES string of the molecule is [2H]C([2H])(N(C(C)C)C(C)C)C([2H])([2H])C(CC(C)C)(C(N)=O)c1ccccn1. The van der Waals surface area contributed by atoms with E-state index in [0.717, 1.165) is 0 Å². The molecule has 0 aliphatic rings. The van der Waals surface area contributed by atoms with Crippen molar-refractivity contribution in [2.24, 2.45) is 11.7 Å². The van der Waals surface area contributed by atoms with Crippen molar-refractivity contribution in [3.05, 3.63) is 30.1 Å². The monoisotopic (exact) mass is 323 g/mol. The molecule has 0 fully saturated rings. The number of primary amides is 1. The maximum absolute atomic E-state index is 12.8. The predicted octanol–water partition coefficient (Wildman–Crippen LogP) is 3.36. The molecule has 0 aromatic carbocycles. The molecule has 1 rings (SSSR count). The van der Waals surface area contributed by atoms with Crippen LogP contribution >= 0.6 is 0 Å². The van der Waals surface area contributed by atoms with E-state index in [1.807, 2.05) is 41.5 Å². The van der Waals surface area contributed by atoms with Gasteiger partial charge in [0.2, 0.25) is 5.91 Å². The molecule has 1 aromatic heterocycles. The molecule has 23 heavy (non-hydrogen) atoms. The molecule has 2 N–H and O–H groups in total. The molecule has 0 spiro atoms. The van der Waals surface area contributed by atoms with Crippen molar-refractivity contribution < 1.29 is 10.3 Å². The van der Waals surface area contributed by atoms with E-state index in [4.69, 9.17) is 11.2 Å². The second-order valence-corrected chi connectivity index (χ2v) is 6.91.